The number of aliphatic imine (C=N–C) groups is 1. The Labute approximate surface area is 197 Å². The number of nitrogens with one attached hydrogen (secondary N) is 1. The topological polar surface area (TPSA) is 118 Å². The smallest absolute Gasteiger partial charge is 0.154 e. The number of aromatic nitrogens is 3. The summed E-state index contributed by atoms with van der Waals surface area (Å²) in [5, 5.41) is 3.59. The summed E-state index contributed by atoms with van der Waals surface area (Å²) < 4.78 is 0. The Kier molecular flexibility index (Phi) is 4.74. The van der Waals surface area contributed by atoms with E-state index >= 15 is 0 Å². The minimum absolute atomic E-state index is 0.109. The highest BCUT2D eigenvalue weighted by Gasteiger charge is 2.46. The molecule has 1 saturated heterocycles. The van der Waals surface area contributed by atoms with E-state index in [2.05, 4.69) is 49.4 Å². The molecule has 168 valence electrons. The Morgan fingerprint density at radius 2 is 1.94 bits per heavy atom. The van der Waals surface area contributed by atoms with E-state index in [-0.39, 0.29) is 17.3 Å². The van der Waals surface area contributed by atoms with E-state index in [1.807, 2.05) is 6.20 Å². The van der Waals surface area contributed by atoms with Crippen molar-refractivity contribution in [2.24, 2.45) is 16.1 Å². The van der Waals surface area contributed by atoms with Crippen LogP contribution in [0.4, 0.5) is 17.3 Å². The second-order valence-electron chi connectivity index (χ2n) is 9.07. The lowest BCUT2D eigenvalue weighted by Crippen LogP contribution is -2.44. The van der Waals surface area contributed by atoms with Gasteiger partial charge in [-0.3, -0.25) is 4.99 Å². The largest absolute Gasteiger partial charge is 0.382 e. The number of amidine groups is 1. The maximum atomic E-state index is 6.72. The fraction of sp³-hybridized carbons (Fsp3) is 0.333. The average Bonchev–Trinajstić information content (AvgIpc) is 3.36. The number of nitrogen functional groups attached to an aromatic ring is 1. The zero-order valence-corrected chi connectivity index (χ0v) is 18.9. The molecule has 1 aromatic carbocycles. The van der Waals surface area contributed by atoms with Crippen LogP contribution in [0, 0.1) is 5.41 Å². The molecule has 8 nitrogen and oxygen atoms in total. The Balaban J connectivity index is 1.16. The monoisotopic (exact) mass is 460 g/mol. The first-order chi connectivity index (χ1) is 16.0. The van der Waals surface area contributed by atoms with Gasteiger partial charge in [-0.1, -0.05) is 35.9 Å². The second kappa shape index (κ2) is 7.67. The maximum Gasteiger partial charge on any atom is 0.154 e. The molecule has 33 heavy (non-hydrogen) atoms. The minimum Gasteiger partial charge on any atom is -0.382 e. The van der Waals surface area contributed by atoms with Crippen LogP contribution in [-0.4, -0.2) is 33.9 Å². The van der Waals surface area contributed by atoms with E-state index in [0.29, 0.717) is 23.1 Å². The molecule has 3 aliphatic rings. The molecule has 0 radical (unpaired) electrons. The van der Waals surface area contributed by atoms with Crippen LogP contribution < -0.4 is 21.7 Å². The predicted octanol–water partition coefficient (Wildman–Crippen LogP) is 3.32. The number of pyridine rings is 1. The number of benzene rings is 1. The van der Waals surface area contributed by atoms with Gasteiger partial charge in [0.25, 0.3) is 0 Å². The third-order valence-corrected chi connectivity index (χ3v) is 7.69. The minimum atomic E-state index is 0.109. The van der Waals surface area contributed by atoms with Crippen LogP contribution in [0.1, 0.15) is 41.4 Å². The predicted molar refractivity (Wildman–Crippen MR) is 131 cm³/mol. The average molecular weight is 461 g/mol. The van der Waals surface area contributed by atoms with Gasteiger partial charge in [0.05, 0.1) is 24.1 Å². The van der Waals surface area contributed by atoms with Crippen molar-refractivity contribution in [3.05, 3.63) is 70.3 Å². The Bertz CT molecular complexity index is 1270. The van der Waals surface area contributed by atoms with Gasteiger partial charge in [0.1, 0.15) is 22.4 Å². The number of piperidine rings is 1. The van der Waals surface area contributed by atoms with Gasteiger partial charge in [0.2, 0.25) is 0 Å². The van der Waals surface area contributed by atoms with Gasteiger partial charge in [-0.2, -0.15) is 0 Å². The van der Waals surface area contributed by atoms with Gasteiger partial charge < -0.3 is 21.7 Å². The number of halogens is 1. The summed E-state index contributed by atoms with van der Waals surface area (Å²) in [6.07, 6.45) is 6.61. The van der Waals surface area contributed by atoms with Crippen LogP contribution in [0.25, 0.3) is 0 Å². The van der Waals surface area contributed by atoms with Gasteiger partial charge in [-0.05, 0) is 41.9 Å². The number of fused-ring (bicyclic) bond motifs is 2. The van der Waals surface area contributed by atoms with Gasteiger partial charge in [-0.25, -0.2) is 15.0 Å². The van der Waals surface area contributed by atoms with E-state index < -0.39 is 0 Å². The van der Waals surface area contributed by atoms with Crippen LogP contribution in [-0.2, 0) is 13.0 Å². The number of nitrogens with two attached hydrogens (primary N) is 2. The van der Waals surface area contributed by atoms with E-state index in [1.165, 1.54) is 11.1 Å². The molecule has 4 heterocycles. The Hall–Kier alpha value is -3.23. The first-order valence-corrected chi connectivity index (χ1v) is 11.6. The summed E-state index contributed by atoms with van der Waals surface area (Å²) in [4.78, 5) is 20.5. The van der Waals surface area contributed by atoms with Crippen LogP contribution in [0.5, 0.6) is 0 Å². The van der Waals surface area contributed by atoms with Crippen molar-refractivity contribution >= 4 is 34.8 Å². The summed E-state index contributed by atoms with van der Waals surface area (Å²) in [6, 6.07) is 10.5. The molecule has 1 fully saturated rings. The molecule has 1 atom stereocenters. The third-order valence-electron chi connectivity index (χ3n) is 7.29. The van der Waals surface area contributed by atoms with Crippen molar-refractivity contribution in [2.75, 3.05) is 29.0 Å². The van der Waals surface area contributed by atoms with E-state index in [4.69, 9.17) is 28.1 Å². The van der Waals surface area contributed by atoms with E-state index in [0.717, 1.165) is 49.6 Å². The molecule has 5 N–H and O–H groups in total. The van der Waals surface area contributed by atoms with Gasteiger partial charge >= 0.3 is 0 Å². The molecule has 0 saturated carbocycles. The second-order valence-corrected chi connectivity index (χ2v) is 9.45. The van der Waals surface area contributed by atoms with Crippen LogP contribution in [0.3, 0.4) is 0 Å². The van der Waals surface area contributed by atoms with Crippen LogP contribution in [0.2, 0.25) is 5.02 Å². The highest BCUT2D eigenvalue weighted by atomic mass is 35.5. The normalized spacial score (nSPS) is 20.5. The lowest BCUT2D eigenvalue weighted by molar-refractivity contribution is 0.187. The molecule has 0 bridgehead atoms. The summed E-state index contributed by atoms with van der Waals surface area (Å²) in [7, 11) is 0. The van der Waals surface area contributed by atoms with Crippen LogP contribution >= 0.6 is 11.6 Å². The molecular weight excluding hydrogens is 436 g/mol. The first-order valence-electron chi connectivity index (χ1n) is 11.2. The highest BCUT2D eigenvalue weighted by Crippen LogP contribution is 2.50. The molecular formula is C24H25ClN8. The molecule has 3 aromatic rings. The van der Waals surface area contributed by atoms with E-state index in [9.17, 15) is 0 Å². The van der Waals surface area contributed by atoms with Gasteiger partial charge in [0.15, 0.2) is 5.84 Å². The number of rotatable bonds is 2. The molecule has 0 amide bonds. The molecule has 6 rings (SSSR count). The zero-order chi connectivity index (χ0) is 22.6. The van der Waals surface area contributed by atoms with Crippen molar-refractivity contribution in [2.45, 2.75) is 31.8 Å². The number of nitrogens with zero attached hydrogens (tertiary/aromatic N) is 5. The molecule has 9 heteroatoms. The standard InChI is InChI=1S/C24H25ClN8/c25-19-16(5-8-28-22(19)27)32-23-20-17(12-30-23)31-18(13-29-20)33-9-6-24(7-10-33)11-14-3-1-2-4-15(14)21(24)26/h1-5,8,13,21H,6-7,9-12,26H2,(H3,27,28,30,32)/t21-/m1/s1. The maximum absolute atomic E-state index is 6.72. The lowest BCUT2D eigenvalue weighted by atomic mass is 9.73. The number of anilines is 3. The first kappa shape index (κ1) is 20.4. The van der Waals surface area contributed by atoms with Crippen molar-refractivity contribution in [1.82, 2.24) is 15.0 Å². The Morgan fingerprint density at radius 3 is 2.76 bits per heavy atom. The van der Waals surface area contributed by atoms with Crippen molar-refractivity contribution < 1.29 is 0 Å². The van der Waals surface area contributed by atoms with Crippen molar-refractivity contribution in [1.29, 1.82) is 0 Å². The van der Waals surface area contributed by atoms with Gasteiger partial charge in [-0.15, -0.1) is 0 Å². The quantitative estimate of drug-likeness (QED) is 0.536. The number of hydrogen-bond donors (Lipinski definition) is 3. The Morgan fingerprint density at radius 1 is 1.12 bits per heavy atom. The molecule has 0 unspecified atom stereocenters. The molecule has 2 aromatic heterocycles. The highest BCUT2D eigenvalue weighted by molar-refractivity contribution is 6.36. The third kappa shape index (κ3) is 3.32. The molecule has 2 aliphatic heterocycles. The molecule has 1 spiro atoms. The summed E-state index contributed by atoms with van der Waals surface area (Å²) in [5.41, 5.74) is 17.7. The SMILES string of the molecule is Nc1nccc(NC2=NCc3nc(N4CCC5(CC4)Cc4ccccc4[C@H]5N)cnc32)c1Cl. The van der Waals surface area contributed by atoms with Crippen molar-refractivity contribution in [3.8, 4) is 0 Å². The summed E-state index contributed by atoms with van der Waals surface area (Å²) >= 11 is 6.26. The van der Waals surface area contributed by atoms with Crippen LogP contribution in [0.15, 0.2) is 47.7 Å². The molecule has 1 aliphatic carbocycles. The summed E-state index contributed by atoms with van der Waals surface area (Å²) in [5.74, 6) is 1.81. The van der Waals surface area contributed by atoms with Crippen molar-refractivity contribution in [3.63, 3.8) is 0 Å². The zero-order valence-electron chi connectivity index (χ0n) is 18.1. The number of hydrogen-bond acceptors (Lipinski definition) is 8. The fourth-order valence-corrected chi connectivity index (χ4v) is 5.53. The summed E-state index contributed by atoms with van der Waals surface area (Å²) in [6.45, 7) is 2.33. The van der Waals surface area contributed by atoms with Gasteiger partial charge in [0, 0.05) is 25.3 Å². The lowest BCUT2D eigenvalue weighted by Gasteiger charge is -2.42. The van der Waals surface area contributed by atoms with E-state index in [1.54, 1.807) is 12.3 Å². The fourth-order valence-electron chi connectivity index (χ4n) is 5.38.